The first-order chi connectivity index (χ1) is 15.4. The van der Waals surface area contributed by atoms with Crippen LogP contribution in [0, 0.1) is 12.8 Å². The van der Waals surface area contributed by atoms with E-state index in [-0.39, 0.29) is 11.8 Å². The molecule has 2 unspecified atom stereocenters. The number of anilines is 1. The van der Waals surface area contributed by atoms with Gasteiger partial charge in [0.2, 0.25) is 11.8 Å². The standard InChI is InChI=1S/C27H37N3O2/c1-5-20(2)16-17-28-27(32)26-23-9-6-7-10-24(23)29(4)18-8-11-25(31)30(26)19-22-14-12-21(3)13-15-22/h6-7,9-10,12-15,20,26H,5,8,11,16-19H2,1-4H3,(H,28,32). The summed E-state index contributed by atoms with van der Waals surface area (Å²) in [6.07, 6.45) is 3.21. The first kappa shape index (κ1) is 23.8. The third-order valence-electron chi connectivity index (χ3n) is 6.51. The summed E-state index contributed by atoms with van der Waals surface area (Å²) in [5.74, 6) is 0.480. The third kappa shape index (κ3) is 5.90. The van der Waals surface area contributed by atoms with E-state index >= 15 is 0 Å². The Morgan fingerprint density at radius 2 is 1.88 bits per heavy atom. The van der Waals surface area contributed by atoms with Crippen LogP contribution in [-0.2, 0) is 16.1 Å². The van der Waals surface area contributed by atoms with Gasteiger partial charge in [0.25, 0.3) is 0 Å². The Kier molecular flexibility index (Phi) is 8.32. The van der Waals surface area contributed by atoms with E-state index < -0.39 is 6.04 Å². The molecule has 2 aromatic rings. The fraction of sp³-hybridized carbons (Fsp3) is 0.481. The Morgan fingerprint density at radius 3 is 2.59 bits per heavy atom. The molecule has 5 nitrogen and oxygen atoms in total. The van der Waals surface area contributed by atoms with E-state index in [9.17, 15) is 9.59 Å². The maximum Gasteiger partial charge on any atom is 0.247 e. The average molecular weight is 436 g/mol. The second kappa shape index (κ2) is 11.2. The highest BCUT2D eigenvalue weighted by Crippen LogP contribution is 2.33. The molecule has 0 spiro atoms. The fourth-order valence-corrected chi connectivity index (χ4v) is 4.20. The molecule has 2 aromatic carbocycles. The van der Waals surface area contributed by atoms with Crippen molar-refractivity contribution >= 4 is 17.5 Å². The van der Waals surface area contributed by atoms with Crippen molar-refractivity contribution in [1.82, 2.24) is 10.2 Å². The molecule has 5 heteroatoms. The zero-order chi connectivity index (χ0) is 23.1. The first-order valence-electron chi connectivity index (χ1n) is 11.8. The SMILES string of the molecule is CCC(C)CCNC(=O)C1c2ccccc2N(C)CCCC(=O)N1Cc1ccc(C)cc1. The number of aryl methyl sites for hydroxylation is 1. The van der Waals surface area contributed by atoms with E-state index in [1.807, 2.05) is 37.4 Å². The molecule has 32 heavy (non-hydrogen) atoms. The molecule has 1 N–H and O–H groups in total. The lowest BCUT2D eigenvalue weighted by Gasteiger charge is -2.33. The maximum atomic E-state index is 13.6. The van der Waals surface area contributed by atoms with E-state index in [4.69, 9.17) is 0 Å². The van der Waals surface area contributed by atoms with Gasteiger partial charge in [-0.3, -0.25) is 9.59 Å². The minimum Gasteiger partial charge on any atom is -0.374 e. The van der Waals surface area contributed by atoms with Crippen molar-refractivity contribution in [2.75, 3.05) is 25.0 Å². The normalized spacial score (nSPS) is 17.8. The molecule has 0 saturated carbocycles. The van der Waals surface area contributed by atoms with Crippen LogP contribution in [0.1, 0.15) is 62.3 Å². The summed E-state index contributed by atoms with van der Waals surface area (Å²) in [5.41, 5.74) is 4.11. The third-order valence-corrected chi connectivity index (χ3v) is 6.51. The summed E-state index contributed by atoms with van der Waals surface area (Å²) in [6, 6.07) is 15.5. The zero-order valence-corrected chi connectivity index (χ0v) is 19.9. The predicted octanol–water partition coefficient (Wildman–Crippen LogP) is 4.85. The van der Waals surface area contributed by atoms with Crippen LogP contribution in [-0.4, -0.2) is 36.9 Å². The Morgan fingerprint density at radius 1 is 1.16 bits per heavy atom. The van der Waals surface area contributed by atoms with Crippen LogP contribution in [0.25, 0.3) is 0 Å². The topological polar surface area (TPSA) is 52.7 Å². The molecule has 3 rings (SSSR count). The van der Waals surface area contributed by atoms with Crippen LogP contribution in [0.15, 0.2) is 48.5 Å². The molecule has 1 aliphatic heterocycles. The molecule has 0 aromatic heterocycles. The summed E-state index contributed by atoms with van der Waals surface area (Å²) in [6.45, 7) is 8.23. The van der Waals surface area contributed by atoms with Gasteiger partial charge in [0.1, 0.15) is 6.04 Å². The Labute approximate surface area is 192 Å². The number of fused-ring (bicyclic) bond motifs is 1. The maximum absolute atomic E-state index is 13.6. The number of carbonyl (C=O) groups excluding carboxylic acids is 2. The summed E-state index contributed by atoms with van der Waals surface area (Å²) in [4.78, 5) is 30.9. The lowest BCUT2D eigenvalue weighted by atomic mass is 9.99. The molecule has 0 aliphatic carbocycles. The number of rotatable bonds is 7. The minimum absolute atomic E-state index is 0.0257. The highest BCUT2D eigenvalue weighted by molar-refractivity contribution is 5.90. The lowest BCUT2D eigenvalue weighted by Crippen LogP contribution is -2.43. The lowest BCUT2D eigenvalue weighted by molar-refractivity contribution is -0.141. The van der Waals surface area contributed by atoms with Gasteiger partial charge in [0.15, 0.2) is 0 Å². The Hall–Kier alpha value is -2.82. The van der Waals surface area contributed by atoms with Gasteiger partial charge >= 0.3 is 0 Å². The number of nitrogens with one attached hydrogen (secondary N) is 1. The molecule has 0 fully saturated rings. The number of para-hydroxylation sites is 1. The second-order valence-corrected chi connectivity index (χ2v) is 9.09. The van der Waals surface area contributed by atoms with Crippen LogP contribution in [0.3, 0.4) is 0 Å². The molecule has 0 saturated heterocycles. The van der Waals surface area contributed by atoms with Crippen LogP contribution in [0.5, 0.6) is 0 Å². The van der Waals surface area contributed by atoms with Gasteiger partial charge in [-0.15, -0.1) is 0 Å². The van der Waals surface area contributed by atoms with E-state index in [0.29, 0.717) is 25.4 Å². The smallest absolute Gasteiger partial charge is 0.247 e. The van der Waals surface area contributed by atoms with Crippen LogP contribution in [0.4, 0.5) is 5.69 Å². The van der Waals surface area contributed by atoms with E-state index in [1.54, 1.807) is 4.90 Å². The summed E-state index contributed by atoms with van der Waals surface area (Å²) in [5, 5.41) is 3.14. The van der Waals surface area contributed by atoms with Gasteiger partial charge in [-0.2, -0.15) is 0 Å². The van der Waals surface area contributed by atoms with E-state index in [1.165, 1.54) is 5.56 Å². The van der Waals surface area contributed by atoms with Crippen molar-refractivity contribution in [3.63, 3.8) is 0 Å². The number of hydrogen-bond acceptors (Lipinski definition) is 3. The predicted molar refractivity (Wildman–Crippen MR) is 130 cm³/mol. The number of hydrogen-bond donors (Lipinski definition) is 1. The highest BCUT2D eigenvalue weighted by atomic mass is 16.2. The second-order valence-electron chi connectivity index (χ2n) is 9.09. The van der Waals surface area contributed by atoms with Gasteiger partial charge in [-0.1, -0.05) is 68.3 Å². The quantitative estimate of drug-likeness (QED) is 0.677. The van der Waals surface area contributed by atoms with Crippen molar-refractivity contribution in [3.8, 4) is 0 Å². The van der Waals surface area contributed by atoms with Gasteiger partial charge < -0.3 is 15.1 Å². The minimum atomic E-state index is -0.655. The van der Waals surface area contributed by atoms with Crippen LogP contribution < -0.4 is 10.2 Å². The number of carbonyl (C=O) groups is 2. The van der Waals surface area contributed by atoms with E-state index in [0.717, 1.165) is 42.6 Å². The molecule has 172 valence electrons. The Balaban J connectivity index is 1.99. The van der Waals surface area contributed by atoms with Crippen molar-refractivity contribution in [1.29, 1.82) is 0 Å². The van der Waals surface area contributed by atoms with Crippen molar-refractivity contribution in [3.05, 3.63) is 65.2 Å². The fourth-order valence-electron chi connectivity index (χ4n) is 4.20. The molecule has 2 atom stereocenters. The molecule has 2 amide bonds. The zero-order valence-electron chi connectivity index (χ0n) is 19.9. The van der Waals surface area contributed by atoms with Gasteiger partial charge in [0.05, 0.1) is 0 Å². The van der Waals surface area contributed by atoms with Crippen LogP contribution >= 0.6 is 0 Å². The van der Waals surface area contributed by atoms with E-state index in [2.05, 4.69) is 49.2 Å². The summed E-state index contributed by atoms with van der Waals surface area (Å²) < 4.78 is 0. The number of amides is 2. The largest absolute Gasteiger partial charge is 0.374 e. The summed E-state index contributed by atoms with van der Waals surface area (Å²) >= 11 is 0. The molecular formula is C27H37N3O2. The molecule has 0 radical (unpaired) electrons. The molecule has 1 aliphatic rings. The van der Waals surface area contributed by atoms with Crippen molar-refractivity contribution < 1.29 is 9.59 Å². The van der Waals surface area contributed by atoms with Gasteiger partial charge in [-0.25, -0.2) is 0 Å². The highest BCUT2D eigenvalue weighted by Gasteiger charge is 2.34. The molecule has 1 heterocycles. The van der Waals surface area contributed by atoms with Gasteiger partial charge in [0, 0.05) is 44.4 Å². The van der Waals surface area contributed by atoms with Crippen LogP contribution in [0.2, 0.25) is 0 Å². The average Bonchev–Trinajstić information content (AvgIpc) is 2.84. The monoisotopic (exact) mass is 435 g/mol. The van der Waals surface area contributed by atoms with Crippen molar-refractivity contribution in [2.24, 2.45) is 5.92 Å². The Bertz CT molecular complexity index is 909. The van der Waals surface area contributed by atoms with Gasteiger partial charge in [-0.05, 0) is 37.3 Å². The number of nitrogens with zero attached hydrogens (tertiary/aromatic N) is 2. The molecule has 0 bridgehead atoms. The summed E-state index contributed by atoms with van der Waals surface area (Å²) in [7, 11) is 2.04. The first-order valence-corrected chi connectivity index (χ1v) is 11.8. The number of benzene rings is 2. The van der Waals surface area contributed by atoms with Crippen molar-refractivity contribution in [2.45, 2.75) is 59.0 Å². The molecular weight excluding hydrogens is 398 g/mol.